The van der Waals surface area contributed by atoms with Crippen molar-refractivity contribution in [1.29, 1.82) is 0 Å². The van der Waals surface area contributed by atoms with Crippen molar-refractivity contribution in [3.8, 4) is 0 Å². The summed E-state index contributed by atoms with van der Waals surface area (Å²) in [6, 6.07) is 13.4. The Morgan fingerprint density at radius 1 is 0.964 bits per heavy atom. The third-order valence-corrected chi connectivity index (χ3v) is 4.68. The molecule has 1 aliphatic rings. The zero-order chi connectivity index (χ0) is 19.2. The maximum Gasteiger partial charge on any atom is 0.274 e. The minimum absolute atomic E-state index is 0.261. The number of nitrogens with one attached hydrogen (secondary N) is 2. The summed E-state index contributed by atoms with van der Waals surface area (Å²) in [5, 5.41) is 6.02. The number of benzene rings is 1. The van der Waals surface area contributed by atoms with Crippen LogP contribution in [0.3, 0.4) is 0 Å². The van der Waals surface area contributed by atoms with E-state index < -0.39 is 0 Å². The normalized spacial score (nSPS) is 13.4. The highest BCUT2D eigenvalue weighted by Crippen LogP contribution is 2.22. The van der Waals surface area contributed by atoms with Crippen LogP contribution in [0.4, 0.5) is 17.3 Å². The van der Waals surface area contributed by atoms with E-state index in [0.717, 1.165) is 24.3 Å². The van der Waals surface area contributed by atoms with Crippen molar-refractivity contribution in [3.63, 3.8) is 0 Å². The van der Waals surface area contributed by atoms with Crippen LogP contribution in [0, 0.1) is 0 Å². The zero-order valence-corrected chi connectivity index (χ0v) is 15.5. The highest BCUT2D eigenvalue weighted by Gasteiger charge is 2.13. The summed E-state index contributed by atoms with van der Waals surface area (Å²) < 4.78 is 0. The van der Waals surface area contributed by atoms with Crippen molar-refractivity contribution in [2.45, 2.75) is 19.4 Å². The number of carbonyl (C=O) groups is 1. The Morgan fingerprint density at radius 3 is 2.46 bits per heavy atom. The first kappa shape index (κ1) is 17.9. The highest BCUT2D eigenvalue weighted by molar-refractivity contribution is 6.03. The van der Waals surface area contributed by atoms with Crippen LogP contribution in [0.2, 0.25) is 0 Å². The molecule has 1 fully saturated rings. The van der Waals surface area contributed by atoms with Gasteiger partial charge in [-0.1, -0.05) is 0 Å². The molecule has 1 saturated heterocycles. The fourth-order valence-electron chi connectivity index (χ4n) is 3.18. The lowest BCUT2D eigenvalue weighted by Crippen LogP contribution is -2.18. The maximum absolute atomic E-state index is 12.5. The molecule has 7 heteroatoms. The molecule has 142 valence electrons. The van der Waals surface area contributed by atoms with Gasteiger partial charge < -0.3 is 15.5 Å². The summed E-state index contributed by atoms with van der Waals surface area (Å²) in [5.74, 6) is 0.150. The summed E-state index contributed by atoms with van der Waals surface area (Å²) in [4.78, 5) is 27.4. The number of carbonyl (C=O) groups excluding carboxylic acids is 1. The first-order valence-electron chi connectivity index (χ1n) is 9.40. The number of nitrogens with zero attached hydrogens (tertiary/aromatic N) is 4. The van der Waals surface area contributed by atoms with Gasteiger partial charge in [0.25, 0.3) is 5.91 Å². The molecule has 0 saturated carbocycles. The summed E-state index contributed by atoms with van der Waals surface area (Å²) in [7, 11) is 0. The van der Waals surface area contributed by atoms with Crippen molar-refractivity contribution < 1.29 is 4.79 Å². The Kier molecular flexibility index (Phi) is 5.42. The summed E-state index contributed by atoms with van der Waals surface area (Å²) in [5.41, 5.74) is 3.32. The number of aromatic nitrogens is 3. The lowest BCUT2D eigenvalue weighted by atomic mass is 10.2. The Hall–Kier alpha value is -3.48. The first-order valence-corrected chi connectivity index (χ1v) is 9.40. The molecule has 4 rings (SSSR count). The SMILES string of the molecule is O=C(Nc1ccc(N2CCCC2)cc1)c1ccnc(NCc2ccncc2)n1. The van der Waals surface area contributed by atoms with E-state index in [1.807, 2.05) is 36.4 Å². The number of rotatable bonds is 6. The summed E-state index contributed by atoms with van der Waals surface area (Å²) >= 11 is 0. The molecule has 0 unspecified atom stereocenters. The molecule has 28 heavy (non-hydrogen) atoms. The van der Waals surface area contributed by atoms with Crippen molar-refractivity contribution in [2.24, 2.45) is 0 Å². The third kappa shape index (κ3) is 4.43. The van der Waals surface area contributed by atoms with E-state index in [1.165, 1.54) is 18.5 Å². The molecule has 0 spiro atoms. The van der Waals surface area contributed by atoms with Gasteiger partial charge in [0.1, 0.15) is 5.69 Å². The van der Waals surface area contributed by atoms with E-state index in [9.17, 15) is 4.79 Å². The molecule has 1 aromatic carbocycles. The van der Waals surface area contributed by atoms with E-state index in [-0.39, 0.29) is 5.91 Å². The maximum atomic E-state index is 12.5. The van der Waals surface area contributed by atoms with Crippen LogP contribution >= 0.6 is 0 Å². The molecule has 0 aliphatic carbocycles. The van der Waals surface area contributed by atoms with E-state index in [0.29, 0.717) is 18.2 Å². The van der Waals surface area contributed by atoms with Gasteiger partial charge in [0, 0.05) is 49.6 Å². The number of hydrogen-bond donors (Lipinski definition) is 2. The van der Waals surface area contributed by atoms with Gasteiger partial charge in [-0.3, -0.25) is 9.78 Å². The van der Waals surface area contributed by atoms with Gasteiger partial charge in [0.05, 0.1) is 0 Å². The van der Waals surface area contributed by atoms with Gasteiger partial charge in [-0.05, 0) is 60.9 Å². The lowest BCUT2D eigenvalue weighted by molar-refractivity contribution is 0.102. The van der Waals surface area contributed by atoms with Crippen LogP contribution in [-0.4, -0.2) is 33.9 Å². The molecule has 0 atom stereocenters. The molecule has 0 bridgehead atoms. The molecule has 2 aromatic heterocycles. The molecule has 0 radical (unpaired) electrons. The highest BCUT2D eigenvalue weighted by atomic mass is 16.1. The second-order valence-electron chi connectivity index (χ2n) is 6.67. The largest absolute Gasteiger partial charge is 0.372 e. The van der Waals surface area contributed by atoms with Crippen molar-refractivity contribution in [3.05, 3.63) is 72.3 Å². The lowest BCUT2D eigenvalue weighted by Gasteiger charge is -2.17. The number of hydrogen-bond acceptors (Lipinski definition) is 6. The van der Waals surface area contributed by atoms with Crippen LogP contribution < -0.4 is 15.5 Å². The minimum Gasteiger partial charge on any atom is -0.372 e. The second kappa shape index (κ2) is 8.47. The number of amides is 1. The van der Waals surface area contributed by atoms with Gasteiger partial charge in [-0.15, -0.1) is 0 Å². The van der Waals surface area contributed by atoms with Crippen molar-refractivity contribution in [2.75, 3.05) is 28.6 Å². The summed E-state index contributed by atoms with van der Waals surface area (Å²) in [6.45, 7) is 2.76. The van der Waals surface area contributed by atoms with E-state index in [2.05, 4.69) is 30.5 Å². The van der Waals surface area contributed by atoms with Crippen molar-refractivity contribution in [1.82, 2.24) is 15.0 Å². The molecule has 7 nitrogen and oxygen atoms in total. The Labute approximate surface area is 163 Å². The van der Waals surface area contributed by atoms with E-state index in [1.54, 1.807) is 24.7 Å². The Bertz CT molecular complexity index is 923. The van der Waals surface area contributed by atoms with Crippen LogP contribution in [0.25, 0.3) is 0 Å². The fraction of sp³-hybridized carbons (Fsp3) is 0.238. The van der Waals surface area contributed by atoms with Gasteiger partial charge in [-0.2, -0.15) is 0 Å². The minimum atomic E-state index is -0.261. The second-order valence-corrected chi connectivity index (χ2v) is 6.67. The fourth-order valence-corrected chi connectivity index (χ4v) is 3.18. The number of anilines is 3. The Morgan fingerprint density at radius 2 is 1.71 bits per heavy atom. The van der Waals surface area contributed by atoms with E-state index >= 15 is 0 Å². The summed E-state index contributed by atoms with van der Waals surface area (Å²) in [6.07, 6.45) is 7.52. The average molecular weight is 374 g/mol. The third-order valence-electron chi connectivity index (χ3n) is 4.68. The van der Waals surface area contributed by atoms with Gasteiger partial charge in [0.2, 0.25) is 5.95 Å². The smallest absolute Gasteiger partial charge is 0.274 e. The topological polar surface area (TPSA) is 83.0 Å². The standard InChI is InChI=1S/C21H22N6O/c28-20(25-17-3-5-18(6-4-17)27-13-1-2-14-27)19-9-12-23-21(26-19)24-15-16-7-10-22-11-8-16/h3-12H,1-2,13-15H2,(H,25,28)(H,23,24,26). The van der Waals surface area contributed by atoms with Gasteiger partial charge >= 0.3 is 0 Å². The molecule has 3 heterocycles. The molecule has 1 aliphatic heterocycles. The van der Waals surface area contributed by atoms with Gasteiger partial charge in [0.15, 0.2) is 0 Å². The van der Waals surface area contributed by atoms with Crippen molar-refractivity contribution >= 4 is 23.2 Å². The van der Waals surface area contributed by atoms with Crippen LogP contribution in [-0.2, 0) is 6.54 Å². The Balaban J connectivity index is 1.37. The zero-order valence-electron chi connectivity index (χ0n) is 15.5. The molecular formula is C21H22N6O. The average Bonchev–Trinajstić information content (AvgIpc) is 3.29. The molecule has 1 amide bonds. The molecule has 3 aromatic rings. The predicted octanol–water partition coefficient (Wildman–Crippen LogP) is 3.34. The van der Waals surface area contributed by atoms with Crippen LogP contribution in [0.15, 0.2) is 61.1 Å². The van der Waals surface area contributed by atoms with Crippen LogP contribution in [0.5, 0.6) is 0 Å². The predicted molar refractivity (Wildman–Crippen MR) is 109 cm³/mol. The molecular weight excluding hydrogens is 352 g/mol. The quantitative estimate of drug-likeness (QED) is 0.689. The monoisotopic (exact) mass is 374 g/mol. The molecule has 2 N–H and O–H groups in total. The van der Waals surface area contributed by atoms with Crippen LogP contribution in [0.1, 0.15) is 28.9 Å². The van der Waals surface area contributed by atoms with Gasteiger partial charge in [-0.25, -0.2) is 9.97 Å². The number of pyridine rings is 1. The first-order chi connectivity index (χ1) is 13.8. The van der Waals surface area contributed by atoms with E-state index in [4.69, 9.17) is 0 Å².